The number of amides is 1. The van der Waals surface area contributed by atoms with E-state index in [4.69, 9.17) is 12.3 Å². The van der Waals surface area contributed by atoms with Gasteiger partial charge in [0.1, 0.15) is 6.56 Å². The van der Waals surface area contributed by atoms with Crippen LogP contribution in [-0.4, -0.2) is 49.2 Å². The number of aryl methyl sites for hydroxylation is 1. The van der Waals surface area contributed by atoms with Crippen molar-refractivity contribution in [3.63, 3.8) is 0 Å². The van der Waals surface area contributed by atoms with E-state index < -0.39 is 55.3 Å². The van der Waals surface area contributed by atoms with Crippen molar-refractivity contribution in [3.8, 4) is 0 Å². The molecule has 21 heavy (non-hydrogen) atoms. The summed E-state index contributed by atoms with van der Waals surface area (Å²) >= 11 is 0. The number of alkyl carbamates (subject to hydrolysis) is 1. The van der Waals surface area contributed by atoms with E-state index >= 15 is 0 Å². The molecule has 0 radical (unpaired) electrons. The standard InChI is InChI=1S/C16H21N3O2/c1-19(2)6-5-12-9-17-15-4-3-11(8-14(12)15)7-13-10-21-16(20)18-13/h3-4,8-9,13,17H,5-7,10H2,1-2H3,(H,18,20)/t13-/m0/s1/i3D,4D,6D2,7D2,8D,10D2. The van der Waals surface area contributed by atoms with Gasteiger partial charge in [0.25, 0.3) is 0 Å². The maximum atomic E-state index is 11.5. The predicted molar refractivity (Wildman–Crippen MR) is 82.5 cm³/mol. The third-order valence-corrected chi connectivity index (χ3v) is 2.93. The number of benzene rings is 1. The lowest BCUT2D eigenvalue weighted by atomic mass is 10.0. The molecule has 1 aliphatic heterocycles. The molecule has 1 aromatic heterocycles. The first-order chi connectivity index (χ1) is 13.6. The fourth-order valence-electron chi connectivity index (χ4n) is 1.94. The molecule has 5 heteroatoms. The maximum absolute atomic E-state index is 11.5. The van der Waals surface area contributed by atoms with Crippen molar-refractivity contribution >= 4 is 17.0 Å². The molecule has 2 aromatic rings. The Morgan fingerprint density at radius 1 is 1.57 bits per heavy atom. The Hall–Kier alpha value is -2.01. The SMILES string of the molecule is [2H]c1c(C([2H])([2H])[C@@H]2NC(=O)OC2([2H])[2H])c([2H])c2c(CC([2H])([2H])N(C)C)c[nH]c2c1[2H]. The Bertz CT molecular complexity index is 1020. The van der Waals surface area contributed by atoms with Crippen LogP contribution >= 0.6 is 0 Å². The van der Waals surface area contributed by atoms with Gasteiger partial charge in [0, 0.05) is 29.1 Å². The number of hydrogen-bond acceptors (Lipinski definition) is 3. The Morgan fingerprint density at radius 3 is 3.14 bits per heavy atom. The minimum atomic E-state index is -2.76. The Balaban J connectivity index is 2.23. The van der Waals surface area contributed by atoms with Crippen LogP contribution in [0.1, 0.15) is 23.5 Å². The Morgan fingerprint density at radius 2 is 2.43 bits per heavy atom. The van der Waals surface area contributed by atoms with E-state index in [1.807, 2.05) is 0 Å². The summed E-state index contributed by atoms with van der Waals surface area (Å²) in [6, 6.07) is -3.36. The summed E-state index contributed by atoms with van der Waals surface area (Å²) < 4.78 is 78.3. The summed E-state index contributed by atoms with van der Waals surface area (Å²) in [7, 11) is 3.09. The first-order valence-corrected chi connectivity index (χ1v) is 6.38. The zero-order valence-corrected chi connectivity index (χ0v) is 11.6. The van der Waals surface area contributed by atoms with Crippen LogP contribution in [0.5, 0.6) is 0 Å². The topological polar surface area (TPSA) is 57.4 Å². The lowest BCUT2D eigenvalue weighted by Crippen LogP contribution is -2.28. The van der Waals surface area contributed by atoms with Gasteiger partial charge in [0.15, 0.2) is 0 Å². The van der Waals surface area contributed by atoms with E-state index in [1.165, 1.54) is 11.1 Å². The van der Waals surface area contributed by atoms with Gasteiger partial charge in [-0.05, 0) is 50.1 Å². The smallest absolute Gasteiger partial charge is 0.407 e. The van der Waals surface area contributed by atoms with Gasteiger partial charge in [0.2, 0.25) is 0 Å². The highest BCUT2D eigenvalue weighted by atomic mass is 16.6. The van der Waals surface area contributed by atoms with Gasteiger partial charge in [-0.25, -0.2) is 4.79 Å². The minimum Gasteiger partial charge on any atom is -0.447 e. The van der Waals surface area contributed by atoms with Crippen molar-refractivity contribution in [3.05, 3.63) is 35.5 Å². The van der Waals surface area contributed by atoms with Gasteiger partial charge in [-0.1, -0.05) is 6.04 Å². The molecule has 0 spiro atoms. The van der Waals surface area contributed by atoms with Gasteiger partial charge in [0.05, 0.1) is 12.9 Å². The van der Waals surface area contributed by atoms with Crippen LogP contribution in [0.15, 0.2) is 24.3 Å². The number of cyclic esters (lactones) is 1. The third-order valence-electron chi connectivity index (χ3n) is 2.93. The lowest BCUT2D eigenvalue weighted by Gasteiger charge is -2.09. The number of likely N-dealkylation sites (N-methyl/N-ethyl adjacent to an activating group) is 1. The summed E-state index contributed by atoms with van der Waals surface area (Å²) in [5.41, 5.74) is -0.177. The van der Waals surface area contributed by atoms with E-state index in [1.54, 1.807) is 14.1 Å². The number of nitrogens with zero attached hydrogens (tertiary/aromatic N) is 1. The van der Waals surface area contributed by atoms with Gasteiger partial charge >= 0.3 is 6.09 Å². The van der Waals surface area contributed by atoms with Crippen LogP contribution < -0.4 is 5.32 Å². The molecule has 0 aliphatic carbocycles. The quantitative estimate of drug-likeness (QED) is 0.886. The molecule has 1 aromatic carbocycles. The van der Waals surface area contributed by atoms with Gasteiger partial charge in [-0.3, -0.25) is 0 Å². The highest BCUT2D eigenvalue weighted by molar-refractivity contribution is 5.84. The number of H-pyrrole nitrogens is 1. The normalized spacial score (nSPS) is 28.2. The first-order valence-electron chi connectivity index (χ1n) is 10.9. The summed E-state index contributed by atoms with van der Waals surface area (Å²) in [5, 5.41) is 2.13. The molecule has 0 bridgehead atoms. The molecule has 3 rings (SSSR count). The molecule has 5 nitrogen and oxygen atoms in total. The van der Waals surface area contributed by atoms with Crippen LogP contribution in [0, 0.1) is 0 Å². The number of ether oxygens (including phenoxy) is 1. The highest BCUT2D eigenvalue weighted by Crippen LogP contribution is 2.21. The van der Waals surface area contributed by atoms with Crippen LogP contribution in [0.3, 0.4) is 0 Å². The van der Waals surface area contributed by atoms with Crippen LogP contribution in [-0.2, 0) is 17.5 Å². The fourth-order valence-corrected chi connectivity index (χ4v) is 1.94. The average molecular weight is 296 g/mol. The number of aromatic amines is 1. The molecule has 1 atom stereocenters. The van der Waals surface area contributed by atoms with Crippen molar-refractivity contribution in [2.24, 2.45) is 0 Å². The molecule has 0 saturated carbocycles. The maximum Gasteiger partial charge on any atom is 0.407 e. The number of fused-ring (bicyclic) bond motifs is 1. The number of aromatic nitrogens is 1. The first kappa shape index (κ1) is 6.83. The van der Waals surface area contributed by atoms with Crippen molar-refractivity contribution in [1.82, 2.24) is 15.2 Å². The molecule has 2 N–H and O–H groups in total. The predicted octanol–water partition coefficient (Wildman–Crippen LogP) is 1.92. The van der Waals surface area contributed by atoms with E-state index in [0.717, 1.165) is 0 Å². The molecule has 0 unspecified atom stereocenters. The molecule has 1 fully saturated rings. The van der Waals surface area contributed by atoms with E-state index in [2.05, 4.69) is 15.0 Å². The summed E-state index contributed by atoms with van der Waals surface area (Å²) in [6.07, 6.45) is -2.68. The highest BCUT2D eigenvalue weighted by Gasteiger charge is 2.22. The van der Waals surface area contributed by atoms with E-state index in [9.17, 15) is 4.79 Å². The molecular weight excluding hydrogens is 266 g/mol. The second kappa shape index (κ2) is 5.77. The fraction of sp³-hybridized carbons (Fsp3) is 0.438. The Labute approximate surface area is 136 Å². The van der Waals surface area contributed by atoms with Crippen LogP contribution in [0.4, 0.5) is 4.79 Å². The van der Waals surface area contributed by atoms with Gasteiger partial charge < -0.3 is 19.9 Å². The molecule has 1 aliphatic rings. The van der Waals surface area contributed by atoms with Gasteiger partial charge in [-0.2, -0.15) is 0 Å². The molecular formula is C16H21N3O2. The van der Waals surface area contributed by atoms with E-state index in [-0.39, 0.29) is 17.3 Å². The van der Waals surface area contributed by atoms with Crippen molar-refractivity contribution in [2.75, 3.05) is 27.2 Å². The van der Waals surface area contributed by atoms with Crippen molar-refractivity contribution in [1.29, 1.82) is 0 Å². The number of carbonyl (C=O) groups is 1. The zero-order valence-electron chi connectivity index (χ0n) is 20.6. The summed E-state index contributed by atoms with van der Waals surface area (Å²) in [5.74, 6) is 0. The largest absolute Gasteiger partial charge is 0.447 e. The van der Waals surface area contributed by atoms with Crippen molar-refractivity contribution in [2.45, 2.75) is 18.8 Å². The van der Waals surface area contributed by atoms with Crippen LogP contribution in [0.25, 0.3) is 10.9 Å². The number of hydrogen-bond donors (Lipinski definition) is 2. The van der Waals surface area contributed by atoms with Crippen molar-refractivity contribution < 1.29 is 21.9 Å². The molecule has 1 saturated heterocycles. The summed E-state index contributed by atoms with van der Waals surface area (Å²) in [6.45, 7) is -4.53. The Kier molecular flexibility index (Phi) is 1.88. The molecule has 2 heterocycles. The summed E-state index contributed by atoms with van der Waals surface area (Å²) in [4.78, 5) is 15.6. The molecule has 1 amide bonds. The lowest BCUT2D eigenvalue weighted by molar-refractivity contribution is 0.177. The monoisotopic (exact) mass is 296 g/mol. The number of rotatable bonds is 5. The molecule has 112 valence electrons. The second-order valence-corrected chi connectivity index (χ2v) is 4.77. The zero-order chi connectivity index (χ0) is 22.8. The second-order valence-electron chi connectivity index (χ2n) is 4.77. The van der Waals surface area contributed by atoms with Gasteiger partial charge in [-0.15, -0.1) is 0 Å². The average Bonchev–Trinajstić information content (AvgIpc) is 3.12. The number of nitrogens with one attached hydrogen (secondary N) is 2. The van der Waals surface area contributed by atoms with E-state index in [0.29, 0.717) is 5.56 Å². The number of carbonyl (C=O) groups excluding carboxylic acids is 1. The minimum absolute atomic E-state index is 0.0754. The third kappa shape index (κ3) is 3.19. The van der Waals surface area contributed by atoms with Crippen LogP contribution in [0.2, 0.25) is 0 Å².